The van der Waals surface area contributed by atoms with E-state index in [9.17, 15) is 0 Å². The summed E-state index contributed by atoms with van der Waals surface area (Å²) >= 11 is 1.89. The fourth-order valence-corrected chi connectivity index (χ4v) is 29.6. The highest BCUT2D eigenvalue weighted by Gasteiger charge is 2.54. The van der Waals surface area contributed by atoms with Crippen molar-refractivity contribution in [2.75, 3.05) is 9.80 Å². The lowest BCUT2D eigenvalue weighted by Crippen LogP contribution is -2.48. The summed E-state index contributed by atoms with van der Waals surface area (Å²) in [6.45, 7) is 19.0. The minimum Gasteiger partial charge on any atom is -0.310 e. The van der Waals surface area contributed by atoms with E-state index in [1.54, 1.807) is 11.1 Å². The standard InChI is InChI=1S/C70H61N.C57H51NS/c1-45-34-53(51-24-27-54(28-25-51)69-42-47-36-48(43-69)38-49(37-47)44-69)35-46(2)67(45)71(57-29-32-61-60-31-26-52(50-16-8-5-9-17-50)39-64(60)68(3,4)65(61)40-57)58-30-33-62-59-22-14-15-23-63(59)70(66(62)41-58,55-18-10-6-11-19-55)56-20-12-7-13-21-56;1-35-24-43(41-14-17-44(18-15-41)57-32-37-26-38(33-57)28-39(27-37)34-57)25-36(2)55(35)58(46-20-23-50-49-12-8-9-13-53(49)59-54(50)31-46)45-19-22-48-47-21-16-42(40-10-6-5-7-11-40)29-51(47)56(3,4)52(48)30-45/h5-35,39-41,47-49H,36-38,42-44H2,1-4H3;5-25,29-31,37-39H,26-28,32-34H2,1-4H3. The van der Waals surface area contributed by atoms with Crippen molar-refractivity contribution in [3.63, 3.8) is 0 Å². The quantitative estimate of drug-likeness (QED) is 0.107. The van der Waals surface area contributed by atoms with Gasteiger partial charge >= 0.3 is 0 Å². The van der Waals surface area contributed by atoms with E-state index in [-0.39, 0.29) is 10.8 Å². The zero-order valence-electron chi connectivity index (χ0n) is 76.2. The molecule has 0 spiro atoms. The van der Waals surface area contributed by atoms with Gasteiger partial charge in [0.2, 0.25) is 0 Å². The Morgan fingerprint density at radius 1 is 0.231 bits per heavy atom. The van der Waals surface area contributed by atoms with Crippen molar-refractivity contribution in [2.45, 2.75) is 160 Å². The van der Waals surface area contributed by atoms with Crippen LogP contribution in [0.15, 0.2) is 352 Å². The number of aryl methyl sites for hydroxylation is 4. The van der Waals surface area contributed by atoms with Crippen molar-refractivity contribution in [3.8, 4) is 77.9 Å². The van der Waals surface area contributed by atoms with Gasteiger partial charge in [-0.1, -0.05) is 289 Å². The third-order valence-corrected chi connectivity index (χ3v) is 34.7. The molecule has 0 saturated heterocycles. The van der Waals surface area contributed by atoms with Crippen LogP contribution in [0.25, 0.3) is 98.1 Å². The predicted octanol–water partition coefficient (Wildman–Crippen LogP) is 34.5. The van der Waals surface area contributed by atoms with E-state index < -0.39 is 5.41 Å². The molecule has 0 N–H and O–H groups in total. The Hall–Kier alpha value is -12.7. The third kappa shape index (κ3) is 12.6. The van der Waals surface area contributed by atoms with Crippen LogP contribution in [0, 0.1) is 63.2 Å². The molecule has 0 aliphatic heterocycles. The van der Waals surface area contributed by atoms with Crippen molar-refractivity contribution in [1.29, 1.82) is 0 Å². The normalized spacial score (nSPS) is 21.7. The summed E-state index contributed by atoms with van der Waals surface area (Å²) in [7, 11) is 0. The van der Waals surface area contributed by atoms with E-state index in [4.69, 9.17) is 0 Å². The van der Waals surface area contributed by atoms with E-state index in [0.717, 1.165) is 41.2 Å². The number of hydrogen-bond acceptors (Lipinski definition) is 3. The molecule has 8 bridgehead atoms. The summed E-state index contributed by atoms with van der Waals surface area (Å²) in [5, 5.41) is 2.67. The van der Waals surface area contributed by atoms with Crippen LogP contribution in [-0.2, 0) is 27.1 Å². The lowest BCUT2D eigenvalue weighted by atomic mass is 9.48. The minimum absolute atomic E-state index is 0.150. The van der Waals surface area contributed by atoms with Gasteiger partial charge in [-0.15, -0.1) is 11.3 Å². The topological polar surface area (TPSA) is 6.48 Å². The maximum absolute atomic E-state index is 2.59. The van der Waals surface area contributed by atoms with Gasteiger partial charge in [0.05, 0.1) is 16.8 Å². The van der Waals surface area contributed by atoms with Gasteiger partial charge in [0.15, 0.2) is 0 Å². The van der Waals surface area contributed by atoms with Crippen molar-refractivity contribution in [3.05, 3.63) is 430 Å². The Balaban J connectivity index is 0.000000143. The zero-order chi connectivity index (χ0) is 87.3. The van der Waals surface area contributed by atoms with Crippen LogP contribution >= 0.6 is 11.3 Å². The molecule has 130 heavy (non-hydrogen) atoms. The minimum atomic E-state index is -0.509. The van der Waals surface area contributed by atoms with E-state index >= 15 is 0 Å². The first-order valence-electron chi connectivity index (χ1n) is 48.4. The third-order valence-electron chi connectivity index (χ3n) is 33.5. The molecular weight excluding hydrogens is 1590 g/mol. The van der Waals surface area contributed by atoms with E-state index in [1.807, 2.05) is 11.3 Å². The number of rotatable bonds is 14. The van der Waals surface area contributed by atoms with E-state index in [0.29, 0.717) is 10.8 Å². The molecule has 0 atom stereocenters. The predicted molar refractivity (Wildman–Crippen MR) is 548 cm³/mol. The maximum atomic E-state index is 2.59. The Bertz CT molecular complexity index is 7230. The van der Waals surface area contributed by atoms with Gasteiger partial charge in [-0.2, -0.15) is 0 Å². The van der Waals surface area contributed by atoms with Gasteiger partial charge in [0.25, 0.3) is 0 Å². The molecule has 11 aliphatic carbocycles. The molecule has 8 fully saturated rings. The van der Waals surface area contributed by atoms with Crippen molar-refractivity contribution < 1.29 is 0 Å². The molecule has 1 aromatic heterocycles. The SMILES string of the molecule is Cc1cc(-c2ccc(C34CC5CC(CC(C5)C3)C4)cc2)cc(C)c1N(c1ccc2c(c1)C(C)(C)c1cc(-c3ccccc3)ccc1-2)c1ccc2c(c1)C(c1ccccc1)(c1ccccc1)c1ccccc1-2.Cc1cc(-c2ccc(C34CC5CC(CC(C5)C3)C4)cc2)cc(C)c1N(c1ccc2c(c1)C(C)(C)c1cc(-c3ccccc3)ccc1-2)c1ccc2c(c1)sc1ccccc12. The maximum Gasteiger partial charge on any atom is 0.0714 e. The molecular formula is C127H112N2S. The number of thiophene rings is 1. The molecule has 11 aliphatic rings. The Morgan fingerprint density at radius 3 is 0.962 bits per heavy atom. The second kappa shape index (κ2) is 30.2. The number of fused-ring (bicyclic) bond motifs is 12. The number of anilines is 6. The van der Waals surface area contributed by atoms with Crippen LogP contribution in [0.5, 0.6) is 0 Å². The molecule has 1 heterocycles. The molecule has 28 rings (SSSR count). The van der Waals surface area contributed by atoms with Gasteiger partial charge in [-0.05, 0) is 398 Å². The monoisotopic (exact) mass is 1700 g/mol. The molecule has 16 aromatic carbocycles. The fourth-order valence-electron chi connectivity index (χ4n) is 28.5. The van der Waals surface area contributed by atoms with Crippen molar-refractivity contribution in [2.24, 2.45) is 35.5 Å². The summed E-state index contributed by atoms with van der Waals surface area (Å²) in [6, 6.07) is 135. The molecule has 0 radical (unpaired) electrons. The molecule has 8 saturated carbocycles. The van der Waals surface area contributed by atoms with E-state index in [2.05, 4.69) is 417 Å². The molecule has 636 valence electrons. The van der Waals surface area contributed by atoms with Crippen LogP contribution in [-0.4, -0.2) is 0 Å². The smallest absolute Gasteiger partial charge is 0.0714 e. The average Bonchev–Trinajstić information content (AvgIpc) is 1.51. The fraction of sp³-hybridized carbons (Fsp3) is 0.244. The first-order chi connectivity index (χ1) is 63.4. The average molecular weight is 1700 g/mol. The van der Waals surface area contributed by atoms with Crippen LogP contribution in [0.1, 0.15) is 183 Å². The summed E-state index contributed by atoms with van der Waals surface area (Å²) in [5.41, 5.74) is 44.4. The van der Waals surface area contributed by atoms with Gasteiger partial charge in [0.1, 0.15) is 0 Å². The van der Waals surface area contributed by atoms with Gasteiger partial charge in [-0.25, -0.2) is 0 Å². The van der Waals surface area contributed by atoms with E-state index in [1.165, 1.54) is 270 Å². The second-order valence-electron chi connectivity index (χ2n) is 42.1. The second-order valence-corrected chi connectivity index (χ2v) is 43.2. The lowest BCUT2D eigenvalue weighted by Gasteiger charge is -2.57. The highest BCUT2D eigenvalue weighted by Crippen LogP contribution is 2.65. The molecule has 0 amide bonds. The first-order valence-corrected chi connectivity index (χ1v) is 49.2. The Labute approximate surface area is 772 Å². The van der Waals surface area contributed by atoms with Gasteiger partial charge < -0.3 is 9.80 Å². The van der Waals surface area contributed by atoms with Crippen LogP contribution in [0.3, 0.4) is 0 Å². The van der Waals surface area contributed by atoms with Crippen molar-refractivity contribution in [1.82, 2.24) is 0 Å². The van der Waals surface area contributed by atoms with Gasteiger partial charge in [0, 0.05) is 53.8 Å². The van der Waals surface area contributed by atoms with Gasteiger partial charge in [-0.3, -0.25) is 0 Å². The summed E-state index contributed by atoms with van der Waals surface area (Å²) in [5.74, 6) is 5.70. The summed E-state index contributed by atoms with van der Waals surface area (Å²) in [6.07, 6.45) is 17.3. The van der Waals surface area contributed by atoms with Crippen molar-refractivity contribution >= 4 is 65.6 Å². The molecule has 0 unspecified atom stereocenters. The largest absolute Gasteiger partial charge is 0.310 e. The van der Waals surface area contributed by atoms with Crippen LogP contribution < -0.4 is 9.80 Å². The Morgan fingerprint density at radius 2 is 0.538 bits per heavy atom. The molecule has 17 aromatic rings. The number of hydrogen-bond donors (Lipinski definition) is 0. The number of nitrogens with zero attached hydrogens (tertiary/aromatic N) is 2. The first kappa shape index (κ1) is 79.5. The summed E-state index contributed by atoms with van der Waals surface area (Å²) in [4.78, 5) is 5.13. The molecule has 3 heteroatoms. The highest BCUT2D eigenvalue weighted by atomic mass is 32.1. The lowest BCUT2D eigenvalue weighted by molar-refractivity contribution is -0.00530. The Kier molecular flexibility index (Phi) is 18.5. The van der Waals surface area contributed by atoms with Crippen LogP contribution in [0.4, 0.5) is 34.1 Å². The molecule has 2 nitrogen and oxygen atoms in total. The van der Waals surface area contributed by atoms with Crippen LogP contribution in [0.2, 0.25) is 0 Å². The highest BCUT2D eigenvalue weighted by molar-refractivity contribution is 7.25. The number of benzene rings is 16. The zero-order valence-corrected chi connectivity index (χ0v) is 77.1. The summed E-state index contributed by atoms with van der Waals surface area (Å²) < 4.78 is 2.66.